The number of likely N-dealkylation sites (N-methyl/N-ethyl adjacent to an activating group) is 1. The highest BCUT2D eigenvalue weighted by atomic mass is 32.2. The maximum Gasteiger partial charge on any atom is 0.417 e. The molecule has 2 aliphatic rings. The van der Waals surface area contributed by atoms with Crippen molar-refractivity contribution in [2.75, 3.05) is 19.0 Å². The number of nitrogens with zero attached hydrogens (tertiary/aromatic N) is 4. The van der Waals surface area contributed by atoms with Gasteiger partial charge in [-0.3, -0.25) is 0 Å². The van der Waals surface area contributed by atoms with Crippen molar-refractivity contribution in [2.24, 2.45) is 9.50 Å². The van der Waals surface area contributed by atoms with Crippen LogP contribution in [0.2, 0.25) is 0 Å². The lowest BCUT2D eigenvalue weighted by molar-refractivity contribution is -0.138. The first kappa shape index (κ1) is 30.6. The van der Waals surface area contributed by atoms with E-state index in [1.54, 1.807) is 34.7 Å². The van der Waals surface area contributed by atoms with E-state index < -0.39 is 45.4 Å². The van der Waals surface area contributed by atoms with Crippen molar-refractivity contribution < 1.29 is 36.4 Å². The second-order valence-electron chi connectivity index (χ2n) is 11.2. The van der Waals surface area contributed by atoms with Gasteiger partial charge in [-0.05, 0) is 75.6 Å². The maximum atomic E-state index is 14.0. The summed E-state index contributed by atoms with van der Waals surface area (Å²) in [7, 11) is -2.35. The van der Waals surface area contributed by atoms with Crippen LogP contribution in [0.15, 0.2) is 15.5 Å². The highest BCUT2D eigenvalue weighted by Gasteiger charge is 2.39. The van der Waals surface area contributed by atoms with Crippen molar-refractivity contribution in [1.29, 1.82) is 0 Å². The average molecular weight is 601 g/mol. The van der Waals surface area contributed by atoms with Crippen LogP contribution in [0.1, 0.15) is 61.9 Å². The average Bonchev–Trinajstić information content (AvgIpc) is 3.50. The van der Waals surface area contributed by atoms with E-state index in [1.807, 2.05) is 0 Å². The molecule has 0 radical (unpaired) electrons. The quantitative estimate of drug-likeness (QED) is 0.516. The number of amides is 3. The molecule has 0 saturated carbocycles. The third kappa shape index (κ3) is 6.15. The molecule has 11 nitrogen and oxygen atoms in total. The molecule has 1 aromatic heterocycles. The van der Waals surface area contributed by atoms with E-state index in [4.69, 9.17) is 14.6 Å². The van der Waals surface area contributed by atoms with Gasteiger partial charge in [0.05, 0.1) is 24.3 Å². The molecule has 4 rings (SSSR count). The van der Waals surface area contributed by atoms with E-state index in [9.17, 15) is 27.0 Å². The summed E-state index contributed by atoms with van der Waals surface area (Å²) in [6, 6.07) is -1.61. The van der Waals surface area contributed by atoms with Crippen LogP contribution >= 0.6 is 0 Å². The molecule has 15 heteroatoms. The van der Waals surface area contributed by atoms with E-state index in [1.165, 1.54) is 16.5 Å². The smallest absolute Gasteiger partial charge is 0.417 e. The number of urea groups is 1. The Kier molecular flexibility index (Phi) is 8.08. The van der Waals surface area contributed by atoms with Crippen LogP contribution in [-0.2, 0) is 46.6 Å². The fourth-order valence-electron chi connectivity index (χ4n) is 5.30. The Bertz CT molecular complexity index is 1500. The Labute approximate surface area is 236 Å². The predicted molar refractivity (Wildman–Crippen MR) is 145 cm³/mol. The summed E-state index contributed by atoms with van der Waals surface area (Å²) in [5.74, 6) is 0.0200. The van der Waals surface area contributed by atoms with E-state index in [2.05, 4.69) is 14.8 Å². The Morgan fingerprint density at radius 1 is 1.29 bits per heavy atom. The predicted octanol–water partition coefficient (Wildman–Crippen LogP) is 4.82. The molecule has 3 amide bonds. The topological polar surface area (TPSA) is 141 Å². The largest absolute Gasteiger partial charge is 0.475 e. The van der Waals surface area contributed by atoms with E-state index in [0.717, 1.165) is 6.20 Å². The zero-order valence-corrected chi connectivity index (χ0v) is 24.7. The zero-order valence-electron chi connectivity index (χ0n) is 23.8. The second kappa shape index (κ2) is 10.8. The number of alkyl halides is 3. The van der Waals surface area contributed by atoms with Crippen molar-refractivity contribution in [3.63, 3.8) is 0 Å². The number of nitrogens with one attached hydrogen (secondary N) is 1. The monoisotopic (exact) mass is 600 g/mol. The molecule has 0 spiro atoms. The van der Waals surface area contributed by atoms with E-state index in [-0.39, 0.29) is 47.2 Å². The Morgan fingerprint density at radius 2 is 1.95 bits per heavy atom. The number of carbonyl (C=O) groups excluding carboxylic acids is 2. The zero-order chi connectivity index (χ0) is 30.5. The Hall–Kier alpha value is -3.33. The van der Waals surface area contributed by atoms with Gasteiger partial charge >= 0.3 is 18.3 Å². The van der Waals surface area contributed by atoms with Crippen LogP contribution < -0.4 is 15.2 Å². The van der Waals surface area contributed by atoms with Crippen molar-refractivity contribution in [3.05, 3.63) is 34.0 Å². The molecule has 2 aromatic rings. The van der Waals surface area contributed by atoms with Gasteiger partial charge in [0.1, 0.15) is 17.1 Å². The van der Waals surface area contributed by atoms with Gasteiger partial charge in [0.2, 0.25) is 5.88 Å². The Morgan fingerprint density at radius 3 is 2.56 bits per heavy atom. The van der Waals surface area contributed by atoms with Gasteiger partial charge in [0, 0.05) is 12.7 Å². The summed E-state index contributed by atoms with van der Waals surface area (Å²) in [5, 5.41) is 12.5. The van der Waals surface area contributed by atoms with Crippen LogP contribution in [0.4, 0.5) is 28.4 Å². The van der Waals surface area contributed by atoms with Gasteiger partial charge in [-0.2, -0.15) is 18.3 Å². The second-order valence-corrected chi connectivity index (χ2v) is 12.9. The van der Waals surface area contributed by atoms with Gasteiger partial charge in [0.15, 0.2) is 9.92 Å². The Balaban J connectivity index is 1.60. The molecule has 1 unspecified atom stereocenters. The molecule has 2 heterocycles. The van der Waals surface area contributed by atoms with E-state index in [0.29, 0.717) is 30.4 Å². The van der Waals surface area contributed by atoms with Crippen molar-refractivity contribution in [2.45, 2.75) is 89.6 Å². The summed E-state index contributed by atoms with van der Waals surface area (Å²) in [6.45, 7) is 8.39. The van der Waals surface area contributed by atoms with Gasteiger partial charge in [-0.25, -0.2) is 23.6 Å². The summed E-state index contributed by atoms with van der Waals surface area (Å²) in [5.41, 5.74) is -0.109. The molecule has 0 fully saturated rings. The van der Waals surface area contributed by atoms with Crippen LogP contribution in [0, 0.1) is 6.92 Å². The first-order valence-corrected chi connectivity index (χ1v) is 14.8. The van der Waals surface area contributed by atoms with Crippen LogP contribution in [0.5, 0.6) is 5.88 Å². The molecular formula is C26H35F3N6O5S. The number of hydrogen-bond donors (Lipinski definition) is 2. The first-order chi connectivity index (χ1) is 18.9. The lowest BCUT2D eigenvalue weighted by atomic mass is 9.89. The molecular weight excluding hydrogens is 565 g/mol. The van der Waals surface area contributed by atoms with Crippen molar-refractivity contribution in [1.82, 2.24) is 14.7 Å². The number of carbonyl (C=O) groups is 2. The summed E-state index contributed by atoms with van der Waals surface area (Å²) in [4.78, 5) is 26.6. The third-order valence-corrected chi connectivity index (χ3v) is 8.47. The van der Waals surface area contributed by atoms with Crippen molar-refractivity contribution in [3.8, 4) is 5.88 Å². The summed E-state index contributed by atoms with van der Waals surface area (Å²) < 4.78 is 71.6. The molecule has 2 atom stereocenters. The molecule has 1 aliphatic carbocycles. The number of anilines is 1. The lowest BCUT2D eigenvalue weighted by Gasteiger charge is -2.33. The fraction of sp³-hybridized carbons (Fsp3) is 0.577. The summed E-state index contributed by atoms with van der Waals surface area (Å²) >= 11 is 0. The van der Waals surface area contributed by atoms with Crippen LogP contribution in [0.3, 0.4) is 0 Å². The molecule has 1 aromatic carbocycles. The normalized spacial score (nSPS) is 18.0. The van der Waals surface area contributed by atoms with Crippen LogP contribution in [0.25, 0.3) is 0 Å². The SMILES string of the molecule is CCc1c2c(c(NC(=O)N=S(N)(=O)c3cnn4c3OC[C@H](N(C)C(=O)OC(C)(C)C)C4)c(C)c1C(F)(F)F)CCC2. The number of ether oxygens (including phenoxy) is 2. The number of aromatic nitrogens is 2. The van der Waals surface area contributed by atoms with Gasteiger partial charge in [-0.15, -0.1) is 4.36 Å². The molecule has 1 aliphatic heterocycles. The molecule has 226 valence electrons. The molecule has 3 N–H and O–H groups in total. The number of nitrogens with two attached hydrogens (primary N) is 1. The molecule has 0 saturated heterocycles. The minimum absolute atomic E-state index is 0.00544. The standard InChI is InChI=1S/C26H35F3N6O5S/c1-7-16-17-9-8-10-18(17)21(14(2)20(16)26(27,28)29)32-23(36)33-41(30,38)19-11-31-35-12-15(13-39-22(19)35)34(6)24(37)40-25(3,4)5/h11,15H,7-10,12-13H2,1-6H3,(H3,30,32,33,36,38)/t15-,41?/m1/s1. The molecule has 0 bridgehead atoms. The minimum Gasteiger partial charge on any atom is -0.475 e. The number of fused-ring (bicyclic) bond motifs is 2. The minimum atomic E-state index is -4.62. The fourth-order valence-corrected chi connectivity index (χ4v) is 6.31. The van der Waals surface area contributed by atoms with Gasteiger partial charge in [0.25, 0.3) is 0 Å². The third-order valence-electron chi connectivity index (χ3n) is 7.12. The number of hydrogen-bond acceptors (Lipinski definition) is 6. The first-order valence-electron chi connectivity index (χ1n) is 13.2. The number of rotatable bonds is 4. The highest BCUT2D eigenvalue weighted by molar-refractivity contribution is 7.91. The van der Waals surface area contributed by atoms with Gasteiger partial charge < -0.3 is 19.7 Å². The maximum absolute atomic E-state index is 14.0. The molecule has 41 heavy (non-hydrogen) atoms. The van der Waals surface area contributed by atoms with Crippen LogP contribution in [-0.4, -0.2) is 56.3 Å². The van der Waals surface area contributed by atoms with Crippen molar-refractivity contribution >= 4 is 27.7 Å². The summed E-state index contributed by atoms with van der Waals surface area (Å²) in [6.07, 6.45) is -2.19. The van der Waals surface area contributed by atoms with E-state index >= 15 is 0 Å². The number of benzene rings is 1. The number of halogens is 3. The van der Waals surface area contributed by atoms with Gasteiger partial charge in [-0.1, -0.05) is 6.92 Å². The lowest BCUT2D eigenvalue weighted by Crippen LogP contribution is -2.47. The highest BCUT2D eigenvalue weighted by Crippen LogP contribution is 2.44.